The van der Waals surface area contributed by atoms with E-state index in [9.17, 15) is 13.6 Å². The molecule has 0 spiro atoms. The monoisotopic (exact) mass is 380 g/mol. The van der Waals surface area contributed by atoms with Crippen LogP contribution in [-0.2, 0) is 11.2 Å². The molecule has 1 aliphatic heterocycles. The van der Waals surface area contributed by atoms with Gasteiger partial charge in [0.15, 0.2) is 12.8 Å². The van der Waals surface area contributed by atoms with Crippen LogP contribution in [0, 0.1) is 0 Å². The molecule has 4 nitrogen and oxygen atoms in total. The fourth-order valence-electron chi connectivity index (χ4n) is 4.13. The van der Waals surface area contributed by atoms with Gasteiger partial charge in [-0.2, -0.15) is 9.67 Å². The highest BCUT2D eigenvalue weighted by atomic mass is 19.3. The molecule has 1 aromatic heterocycles. The maximum atomic E-state index is 13.8. The summed E-state index contributed by atoms with van der Waals surface area (Å²) in [6.07, 6.45) is 1.96. The molecule has 0 radical (unpaired) electrons. The van der Waals surface area contributed by atoms with Crippen LogP contribution in [0.5, 0.6) is 0 Å². The van der Waals surface area contributed by atoms with Crippen LogP contribution in [0.2, 0.25) is 0 Å². The summed E-state index contributed by atoms with van der Waals surface area (Å²) in [6.45, 7) is 2.15. The van der Waals surface area contributed by atoms with E-state index in [2.05, 4.69) is 10.2 Å². The lowest BCUT2D eigenvalue weighted by Crippen LogP contribution is -2.26. The average Bonchev–Trinajstić information content (AvgIpc) is 3.45. The van der Waals surface area contributed by atoms with E-state index in [1.54, 1.807) is 10.6 Å². The van der Waals surface area contributed by atoms with Crippen molar-refractivity contribution in [2.75, 3.05) is 6.54 Å². The number of rotatable bonds is 3. The number of amides is 1. The molecule has 0 saturated heterocycles. The number of aromatic amines is 1. The molecule has 2 aromatic carbocycles. The molecule has 142 valence electrons. The third-order valence-corrected chi connectivity index (χ3v) is 5.77. The zero-order valence-electron chi connectivity index (χ0n) is 15.5. The predicted molar refractivity (Wildman–Crippen MR) is 103 cm³/mol. The second-order valence-corrected chi connectivity index (χ2v) is 7.64. The first-order chi connectivity index (χ1) is 13.5. The normalized spacial score (nSPS) is 16.4. The summed E-state index contributed by atoms with van der Waals surface area (Å²) in [5.74, 6) is 0.234. The highest BCUT2D eigenvalue weighted by molar-refractivity contribution is 6.01. The van der Waals surface area contributed by atoms with E-state index >= 15 is 0 Å². The Morgan fingerprint density at radius 1 is 1.29 bits per heavy atom. The Hall–Kier alpha value is -2.89. The van der Waals surface area contributed by atoms with Gasteiger partial charge in [-0.3, -0.25) is 5.10 Å². The van der Waals surface area contributed by atoms with E-state index in [0.717, 1.165) is 46.0 Å². The van der Waals surface area contributed by atoms with Crippen molar-refractivity contribution >= 4 is 22.9 Å². The molecule has 0 atom stereocenters. The highest BCUT2D eigenvalue weighted by Crippen LogP contribution is 2.46. The first-order valence-corrected chi connectivity index (χ1v) is 9.57. The smallest absolute Gasteiger partial charge is 0.281 e. The number of halogens is 2. The number of alkyl halides is 2. The molecule has 6 heteroatoms. The summed E-state index contributed by atoms with van der Waals surface area (Å²) in [7, 11) is 0. The Labute approximate surface area is 160 Å². The minimum absolute atomic E-state index is 0.0234. The fourth-order valence-corrected chi connectivity index (χ4v) is 4.13. The maximum absolute atomic E-state index is 13.8. The van der Waals surface area contributed by atoms with Crippen LogP contribution >= 0.6 is 0 Å². The lowest BCUT2D eigenvalue weighted by molar-refractivity contribution is -0.443. The predicted octanol–water partition coefficient (Wildman–Crippen LogP) is 4.58. The molecule has 1 fully saturated rings. The van der Waals surface area contributed by atoms with Gasteiger partial charge in [0.05, 0.1) is 18.2 Å². The number of carbonyl (C=O) groups is 1. The Kier molecular flexibility index (Phi) is 3.89. The number of aromatic nitrogens is 2. The van der Waals surface area contributed by atoms with Crippen molar-refractivity contribution in [1.29, 1.82) is 0 Å². The third-order valence-electron chi connectivity index (χ3n) is 5.77. The molecule has 1 N–H and O–H groups in total. The Balaban J connectivity index is 1.72. The van der Waals surface area contributed by atoms with E-state index in [1.165, 1.54) is 6.92 Å². The number of hydrogen-bond acceptors (Lipinski definition) is 2. The first kappa shape index (κ1) is 17.2. The van der Waals surface area contributed by atoms with Crippen LogP contribution < -0.4 is 0 Å². The van der Waals surface area contributed by atoms with Crippen molar-refractivity contribution in [2.24, 2.45) is 0 Å². The lowest BCUT2D eigenvalue weighted by Gasteiger charge is -2.13. The summed E-state index contributed by atoms with van der Waals surface area (Å²) in [5, 5.41) is 9.25. The summed E-state index contributed by atoms with van der Waals surface area (Å²) < 4.78 is 29.2. The van der Waals surface area contributed by atoms with Crippen molar-refractivity contribution in [2.45, 2.75) is 38.5 Å². The molecule has 3 aromatic rings. The van der Waals surface area contributed by atoms with Crippen molar-refractivity contribution in [3.8, 4) is 11.3 Å². The Bertz CT molecular complexity index is 1140. The van der Waals surface area contributed by atoms with Crippen LogP contribution in [-0.4, -0.2) is 33.4 Å². The number of benzene rings is 2. The molecule has 1 saturated carbocycles. The second-order valence-electron chi connectivity index (χ2n) is 7.64. The van der Waals surface area contributed by atoms with Crippen LogP contribution in [0.4, 0.5) is 8.78 Å². The number of hydrogen-bond donors (Lipinski definition) is 1. The molecule has 0 unspecified atom stereocenters. The van der Waals surface area contributed by atoms with Crippen LogP contribution in [0.15, 0.2) is 30.3 Å². The van der Waals surface area contributed by atoms with Gasteiger partial charge in [0.1, 0.15) is 5.69 Å². The molecule has 1 amide bonds. The number of fused-ring (bicyclic) bond motifs is 2. The molecule has 1 aliphatic carbocycles. The second kappa shape index (κ2) is 6.33. The maximum Gasteiger partial charge on any atom is 0.383 e. The van der Waals surface area contributed by atoms with Gasteiger partial charge in [0.2, 0.25) is 0 Å². The summed E-state index contributed by atoms with van der Waals surface area (Å²) in [6, 6.07) is 9.36. The summed E-state index contributed by atoms with van der Waals surface area (Å²) >= 11 is 0. The Morgan fingerprint density at radius 3 is 2.82 bits per heavy atom. The largest absolute Gasteiger partial charge is 0.383 e. The quantitative estimate of drug-likeness (QED) is 0.676. The molecule has 28 heavy (non-hydrogen) atoms. The molecular weight excluding hydrogens is 360 g/mol. The number of H-pyrrole nitrogens is 1. The van der Waals surface area contributed by atoms with Crippen molar-refractivity contribution in [3.63, 3.8) is 0 Å². The van der Waals surface area contributed by atoms with Gasteiger partial charge >= 0.3 is 5.91 Å². The molecule has 0 bridgehead atoms. The van der Waals surface area contributed by atoms with Gasteiger partial charge in [-0.15, -0.1) is 0 Å². The van der Waals surface area contributed by atoms with Crippen molar-refractivity contribution in [1.82, 2.24) is 10.2 Å². The average molecular weight is 380 g/mol. The van der Waals surface area contributed by atoms with Gasteiger partial charge in [-0.05, 0) is 41.2 Å². The summed E-state index contributed by atoms with van der Waals surface area (Å²) in [4.78, 5) is 11.8. The zero-order chi connectivity index (χ0) is 19.4. The molecule has 2 heterocycles. The van der Waals surface area contributed by atoms with Gasteiger partial charge in [0.25, 0.3) is 6.43 Å². The van der Waals surface area contributed by atoms with E-state index in [1.807, 2.05) is 30.5 Å². The SMILES string of the molecule is CC(=O)[N+]1=Cc2c(-c3cccc4cc(C5CC5)c(C(F)F)cc34)n[nH]c2CC1. The Morgan fingerprint density at radius 2 is 2.11 bits per heavy atom. The van der Waals surface area contributed by atoms with Gasteiger partial charge < -0.3 is 0 Å². The van der Waals surface area contributed by atoms with Gasteiger partial charge in [0, 0.05) is 17.5 Å². The van der Waals surface area contributed by atoms with E-state index in [4.69, 9.17) is 0 Å². The molecule has 2 aliphatic rings. The number of nitrogens with one attached hydrogen (secondary N) is 1. The molecular formula is C22H20F2N3O+. The first-order valence-electron chi connectivity index (χ1n) is 9.57. The standard InChI is InChI=1S/C22H19F2N3O/c1-12(28)27-8-7-20-19(11-27)21(26-25-20)15-4-2-3-14-9-16(13-5-6-13)18(22(23)24)10-17(14)15/h2-4,9-11,13,22H,5-8H2,1H3/p+1. The highest BCUT2D eigenvalue weighted by Gasteiger charge is 2.30. The zero-order valence-corrected chi connectivity index (χ0v) is 15.5. The number of nitrogens with zero attached hydrogens (tertiary/aromatic N) is 2. The van der Waals surface area contributed by atoms with E-state index < -0.39 is 6.43 Å². The fraction of sp³-hybridized carbons (Fsp3) is 0.318. The lowest BCUT2D eigenvalue weighted by atomic mass is 9.93. The van der Waals surface area contributed by atoms with E-state index in [0.29, 0.717) is 18.7 Å². The molecule has 5 rings (SSSR count). The minimum Gasteiger partial charge on any atom is -0.281 e. The minimum atomic E-state index is -2.50. The topological polar surface area (TPSA) is 48.8 Å². The van der Waals surface area contributed by atoms with Crippen LogP contribution in [0.1, 0.15) is 54.5 Å². The van der Waals surface area contributed by atoms with Gasteiger partial charge in [-0.1, -0.05) is 24.3 Å². The third kappa shape index (κ3) is 2.75. The van der Waals surface area contributed by atoms with E-state index in [-0.39, 0.29) is 17.4 Å². The van der Waals surface area contributed by atoms with Crippen LogP contribution in [0.3, 0.4) is 0 Å². The van der Waals surface area contributed by atoms with Gasteiger partial charge in [-0.25, -0.2) is 13.6 Å². The van der Waals surface area contributed by atoms with Crippen LogP contribution in [0.25, 0.3) is 22.0 Å². The number of carbonyl (C=O) groups excluding carboxylic acids is 1. The van der Waals surface area contributed by atoms with Crippen molar-refractivity contribution in [3.05, 3.63) is 52.7 Å². The van der Waals surface area contributed by atoms with Crippen molar-refractivity contribution < 1.29 is 18.2 Å². The summed E-state index contributed by atoms with van der Waals surface area (Å²) in [5.41, 5.74) is 4.23.